The molecule has 0 saturated carbocycles. The van der Waals surface area contributed by atoms with Crippen molar-refractivity contribution >= 4 is 0 Å². The van der Waals surface area contributed by atoms with Gasteiger partial charge in [0.15, 0.2) is 0 Å². The fraction of sp³-hybridized carbons (Fsp3) is 1.00. The molecule has 116 valence electrons. The summed E-state index contributed by atoms with van der Waals surface area (Å²) in [6.07, 6.45) is 12.7. The summed E-state index contributed by atoms with van der Waals surface area (Å²) in [6, 6.07) is 0. The zero-order valence-corrected chi connectivity index (χ0v) is 13.0. The van der Waals surface area contributed by atoms with Gasteiger partial charge in [-0.2, -0.15) is 0 Å². The molecule has 0 rings (SSSR count). The van der Waals surface area contributed by atoms with E-state index in [1.807, 2.05) is 6.92 Å². The summed E-state index contributed by atoms with van der Waals surface area (Å²) < 4.78 is 0. The Morgan fingerprint density at radius 2 is 1.37 bits per heavy atom. The van der Waals surface area contributed by atoms with Crippen LogP contribution in [0.15, 0.2) is 0 Å². The lowest BCUT2D eigenvalue weighted by atomic mass is 10.0. The van der Waals surface area contributed by atoms with Crippen molar-refractivity contribution in [3.63, 3.8) is 0 Å². The number of hydrogen-bond donors (Lipinski definition) is 0. The molecule has 1 atom stereocenters. The molecule has 1 unspecified atom stereocenters. The lowest BCUT2D eigenvalue weighted by molar-refractivity contribution is -0.641. The fourth-order valence-corrected chi connectivity index (χ4v) is 1.97. The minimum atomic E-state index is 0.0977. The van der Waals surface area contributed by atoms with Crippen molar-refractivity contribution < 1.29 is 19.9 Å². The van der Waals surface area contributed by atoms with Gasteiger partial charge in [-0.1, -0.05) is 65.2 Å². The summed E-state index contributed by atoms with van der Waals surface area (Å²) in [7, 11) is 0. The fourth-order valence-electron chi connectivity index (χ4n) is 1.97. The third kappa shape index (κ3) is 14.1. The first-order valence-electron chi connectivity index (χ1n) is 7.96. The Kier molecular flexibility index (Phi) is 15.8. The molecular weight excluding hydrogens is 244 g/mol. The van der Waals surface area contributed by atoms with Crippen molar-refractivity contribution in [1.29, 1.82) is 0 Å². The Hall–Kier alpha value is -0.160. The van der Waals surface area contributed by atoms with E-state index in [2.05, 4.69) is 28.8 Å². The summed E-state index contributed by atoms with van der Waals surface area (Å²) in [4.78, 5) is 9.68. The molecule has 4 nitrogen and oxygen atoms in total. The maximum absolute atomic E-state index is 5.11. The van der Waals surface area contributed by atoms with E-state index in [0.29, 0.717) is 6.61 Å². The van der Waals surface area contributed by atoms with Crippen LogP contribution in [-0.2, 0) is 19.9 Å². The Morgan fingerprint density at radius 3 is 1.95 bits per heavy atom. The lowest BCUT2D eigenvalue weighted by Crippen LogP contribution is -2.12. The van der Waals surface area contributed by atoms with Gasteiger partial charge in [0.05, 0.1) is 12.7 Å². The highest BCUT2D eigenvalue weighted by atomic mass is 17.7. The van der Waals surface area contributed by atoms with E-state index in [9.17, 15) is 0 Å². The standard InChI is InChI=1S/C15H32O4/c1-4-7-8-9-10-11-12-13-14-15(5-2)17-19-18-16-6-3/h15H,4-14H2,1-3H3. The Balaban J connectivity index is 3.26. The van der Waals surface area contributed by atoms with Crippen molar-refractivity contribution in [2.24, 2.45) is 0 Å². The molecular formula is C15H32O4. The minimum absolute atomic E-state index is 0.0977. The molecule has 0 saturated heterocycles. The first kappa shape index (κ1) is 18.8. The number of hydrogen-bond acceptors (Lipinski definition) is 4. The van der Waals surface area contributed by atoms with Crippen LogP contribution in [0.1, 0.15) is 85.0 Å². The van der Waals surface area contributed by atoms with Gasteiger partial charge >= 0.3 is 0 Å². The van der Waals surface area contributed by atoms with Gasteiger partial charge in [0.2, 0.25) is 0 Å². The van der Waals surface area contributed by atoms with Crippen LogP contribution in [0, 0.1) is 0 Å². The van der Waals surface area contributed by atoms with Crippen LogP contribution in [0.5, 0.6) is 0 Å². The molecule has 19 heavy (non-hydrogen) atoms. The number of rotatable bonds is 15. The zero-order chi connectivity index (χ0) is 14.2. The summed E-state index contributed by atoms with van der Waals surface area (Å²) in [5.41, 5.74) is 0. The average Bonchev–Trinajstić information content (AvgIpc) is 2.44. The topological polar surface area (TPSA) is 36.9 Å². The van der Waals surface area contributed by atoms with Crippen LogP contribution in [-0.4, -0.2) is 12.7 Å². The summed E-state index contributed by atoms with van der Waals surface area (Å²) in [6.45, 7) is 6.60. The molecule has 0 bridgehead atoms. The predicted octanol–water partition coefficient (Wildman–Crippen LogP) is 5.13. The van der Waals surface area contributed by atoms with E-state index in [-0.39, 0.29) is 6.10 Å². The maximum Gasteiger partial charge on any atom is 0.0959 e. The van der Waals surface area contributed by atoms with Gasteiger partial charge in [-0.3, -0.25) is 0 Å². The third-order valence-corrected chi connectivity index (χ3v) is 3.20. The van der Waals surface area contributed by atoms with E-state index in [4.69, 9.17) is 4.89 Å². The molecule has 4 heteroatoms. The molecule has 0 heterocycles. The normalized spacial score (nSPS) is 12.8. The van der Waals surface area contributed by atoms with Gasteiger partial charge in [0.25, 0.3) is 0 Å². The third-order valence-electron chi connectivity index (χ3n) is 3.20. The molecule has 0 spiro atoms. The van der Waals surface area contributed by atoms with Crippen LogP contribution in [0.4, 0.5) is 0 Å². The second-order valence-electron chi connectivity index (χ2n) is 4.93. The second kappa shape index (κ2) is 15.9. The zero-order valence-electron chi connectivity index (χ0n) is 13.0. The average molecular weight is 276 g/mol. The van der Waals surface area contributed by atoms with E-state index < -0.39 is 0 Å². The largest absolute Gasteiger partial charge is 0.204 e. The van der Waals surface area contributed by atoms with Gasteiger partial charge in [-0.25, -0.2) is 9.78 Å². The van der Waals surface area contributed by atoms with Gasteiger partial charge < -0.3 is 0 Å². The van der Waals surface area contributed by atoms with Crippen molar-refractivity contribution in [3.8, 4) is 0 Å². The van der Waals surface area contributed by atoms with Gasteiger partial charge in [0.1, 0.15) is 0 Å². The first-order valence-corrected chi connectivity index (χ1v) is 7.96. The van der Waals surface area contributed by atoms with E-state index in [1.165, 1.54) is 51.4 Å². The van der Waals surface area contributed by atoms with E-state index in [0.717, 1.165) is 12.8 Å². The molecule has 0 aliphatic rings. The van der Waals surface area contributed by atoms with E-state index in [1.54, 1.807) is 0 Å². The molecule has 0 radical (unpaired) electrons. The first-order chi connectivity index (χ1) is 9.35. The molecule has 0 fully saturated rings. The molecule has 0 amide bonds. The Morgan fingerprint density at radius 1 is 0.737 bits per heavy atom. The quantitative estimate of drug-likeness (QED) is 0.236. The Bertz CT molecular complexity index is 164. The van der Waals surface area contributed by atoms with Crippen LogP contribution in [0.25, 0.3) is 0 Å². The smallest absolute Gasteiger partial charge is 0.0959 e. The van der Waals surface area contributed by atoms with Crippen molar-refractivity contribution in [2.75, 3.05) is 6.61 Å². The van der Waals surface area contributed by atoms with Crippen molar-refractivity contribution in [3.05, 3.63) is 0 Å². The summed E-state index contributed by atoms with van der Waals surface area (Å²) in [5.74, 6) is 0. The lowest BCUT2D eigenvalue weighted by Gasteiger charge is -2.12. The van der Waals surface area contributed by atoms with Crippen LogP contribution >= 0.6 is 0 Å². The van der Waals surface area contributed by atoms with Gasteiger partial charge in [-0.05, 0) is 29.8 Å². The van der Waals surface area contributed by atoms with Gasteiger partial charge in [0, 0.05) is 0 Å². The molecule has 0 aromatic carbocycles. The van der Waals surface area contributed by atoms with Crippen molar-refractivity contribution in [2.45, 2.75) is 91.1 Å². The molecule has 0 N–H and O–H groups in total. The number of unbranched alkanes of at least 4 members (excludes halogenated alkanes) is 7. The monoisotopic (exact) mass is 276 g/mol. The van der Waals surface area contributed by atoms with Crippen LogP contribution in [0.2, 0.25) is 0 Å². The van der Waals surface area contributed by atoms with Crippen LogP contribution in [0.3, 0.4) is 0 Å². The Labute approximate surface area is 118 Å². The predicted molar refractivity (Wildman–Crippen MR) is 76.2 cm³/mol. The van der Waals surface area contributed by atoms with Gasteiger partial charge in [-0.15, -0.1) is 0 Å². The summed E-state index contributed by atoms with van der Waals surface area (Å²) >= 11 is 0. The maximum atomic E-state index is 5.11. The summed E-state index contributed by atoms with van der Waals surface area (Å²) in [5, 5.41) is 8.90. The van der Waals surface area contributed by atoms with Crippen LogP contribution < -0.4 is 0 Å². The molecule has 0 aliphatic carbocycles. The molecule has 0 aromatic heterocycles. The van der Waals surface area contributed by atoms with E-state index >= 15 is 0 Å². The molecule has 0 aliphatic heterocycles. The minimum Gasteiger partial charge on any atom is -0.204 e. The second-order valence-corrected chi connectivity index (χ2v) is 4.93. The highest BCUT2D eigenvalue weighted by molar-refractivity contribution is 4.54. The highest BCUT2D eigenvalue weighted by Gasteiger charge is 2.08. The van der Waals surface area contributed by atoms with Crippen molar-refractivity contribution in [1.82, 2.24) is 0 Å². The molecule has 0 aromatic rings. The SMILES string of the molecule is CCCCCCCCCCC(CC)OOOOCC. The highest BCUT2D eigenvalue weighted by Crippen LogP contribution is 2.13.